The molecule has 0 spiro atoms. The van der Waals surface area contributed by atoms with Gasteiger partial charge in [-0.1, -0.05) is 18.1 Å². The standard InChI is InChI=1S/C13H12N4/c1-2-7-14-9-16-12-5-3-11(4-6-12)13-8-15-10-17-13/h1,3-6,8-10H,7H2,(H,14,16)(H,15,17). The number of H-pyrrole nitrogens is 1. The van der Waals surface area contributed by atoms with Gasteiger partial charge in [0.25, 0.3) is 0 Å². The van der Waals surface area contributed by atoms with Gasteiger partial charge in [0, 0.05) is 11.8 Å². The molecule has 1 aromatic heterocycles. The van der Waals surface area contributed by atoms with Crippen LogP contribution in [0.4, 0.5) is 5.69 Å². The van der Waals surface area contributed by atoms with Gasteiger partial charge < -0.3 is 10.3 Å². The summed E-state index contributed by atoms with van der Waals surface area (Å²) < 4.78 is 0. The highest BCUT2D eigenvalue weighted by molar-refractivity contribution is 5.65. The fourth-order valence-electron chi connectivity index (χ4n) is 1.36. The van der Waals surface area contributed by atoms with Gasteiger partial charge in [0.2, 0.25) is 0 Å². The maximum absolute atomic E-state index is 5.10. The van der Waals surface area contributed by atoms with Crippen LogP contribution >= 0.6 is 0 Å². The summed E-state index contributed by atoms with van der Waals surface area (Å²) in [7, 11) is 0. The number of nitrogens with one attached hydrogen (secondary N) is 2. The van der Waals surface area contributed by atoms with Gasteiger partial charge in [-0.05, 0) is 12.1 Å². The lowest BCUT2D eigenvalue weighted by Gasteiger charge is -1.97. The van der Waals surface area contributed by atoms with E-state index in [0.29, 0.717) is 6.54 Å². The predicted molar refractivity (Wildman–Crippen MR) is 69.0 cm³/mol. The van der Waals surface area contributed by atoms with E-state index >= 15 is 0 Å². The van der Waals surface area contributed by atoms with Gasteiger partial charge in [-0.3, -0.25) is 0 Å². The number of hydrogen-bond donors (Lipinski definition) is 2. The van der Waals surface area contributed by atoms with Gasteiger partial charge in [-0.2, -0.15) is 0 Å². The fraction of sp³-hybridized carbons (Fsp3) is 0.0769. The summed E-state index contributed by atoms with van der Waals surface area (Å²) in [5.74, 6) is 2.47. The smallest absolute Gasteiger partial charge is 0.0927 e. The topological polar surface area (TPSA) is 53.1 Å². The number of rotatable bonds is 4. The van der Waals surface area contributed by atoms with Gasteiger partial charge >= 0.3 is 0 Å². The van der Waals surface area contributed by atoms with E-state index < -0.39 is 0 Å². The lowest BCUT2D eigenvalue weighted by molar-refractivity contribution is 1.10. The second-order valence-corrected chi connectivity index (χ2v) is 3.34. The van der Waals surface area contributed by atoms with Crippen LogP contribution in [0.25, 0.3) is 11.3 Å². The van der Waals surface area contributed by atoms with Crippen LogP contribution in [-0.4, -0.2) is 22.9 Å². The van der Waals surface area contributed by atoms with E-state index in [1.165, 1.54) is 0 Å². The van der Waals surface area contributed by atoms with Crippen LogP contribution in [0.3, 0.4) is 0 Å². The number of aromatic amines is 1. The van der Waals surface area contributed by atoms with Gasteiger partial charge in [-0.25, -0.2) is 9.98 Å². The van der Waals surface area contributed by atoms with E-state index in [1.54, 1.807) is 12.7 Å². The molecule has 0 saturated heterocycles. The molecule has 2 aromatic rings. The lowest BCUT2D eigenvalue weighted by Crippen LogP contribution is -2.09. The van der Waals surface area contributed by atoms with E-state index in [4.69, 9.17) is 6.42 Å². The highest BCUT2D eigenvalue weighted by atomic mass is 14.9. The summed E-state index contributed by atoms with van der Waals surface area (Å²) in [6, 6.07) is 7.81. The Morgan fingerprint density at radius 2 is 2.24 bits per heavy atom. The second-order valence-electron chi connectivity index (χ2n) is 3.34. The maximum atomic E-state index is 5.10. The van der Waals surface area contributed by atoms with Crippen molar-refractivity contribution in [1.82, 2.24) is 15.3 Å². The predicted octanol–water partition coefficient (Wildman–Crippen LogP) is 1.96. The summed E-state index contributed by atoms with van der Waals surface area (Å²) in [4.78, 5) is 11.3. The van der Waals surface area contributed by atoms with Crippen molar-refractivity contribution >= 4 is 12.0 Å². The van der Waals surface area contributed by atoms with E-state index in [9.17, 15) is 0 Å². The normalized spacial score (nSPS) is 10.3. The Balaban J connectivity index is 2.04. The molecule has 0 amide bonds. The average molecular weight is 224 g/mol. The second kappa shape index (κ2) is 5.52. The molecule has 1 heterocycles. The first-order chi connectivity index (χ1) is 8.40. The zero-order valence-electron chi connectivity index (χ0n) is 9.22. The van der Waals surface area contributed by atoms with Crippen molar-refractivity contribution in [3.63, 3.8) is 0 Å². The Kier molecular flexibility index (Phi) is 3.56. The average Bonchev–Trinajstić information content (AvgIpc) is 2.89. The van der Waals surface area contributed by atoms with Crippen molar-refractivity contribution in [2.75, 3.05) is 6.54 Å². The molecule has 0 aliphatic heterocycles. The van der Waals surface area contributed by atoms with Crippen molar-refractivity contribution in [2.45, 2.75) is 0 Å². The molecule has 0 radical (unpaired) electrons. The van der Waals surface area contributed by atoms with Gasteiger partial charge in [-0.15, -0.1) is 6.42 Å². The van der Waals surface area contributed by atoms with Crippen molar-refractivity contribution < 1.29 is 0 Å². The van der Waals surface area contributed by atoms with Crippen LogP contribution in [0.5, 0.6) is 0 Å². The molecule has 17 heavy (non-hydrogen) atoms. The number of hydrogen-bond acceptors (Lipinski definition) is 2. The van der Waals surface area contributed by atoms with Crippen molar-refractivity contribution in [2.24, 2.45) is 4.99 Å². The third-order valence-corrected chi connectivity index (χ3v) is 2.17. The summed E-state index contributed by atoms with van der Waals surface area (Å²) in [5, 5.41) is 2.88. The zero-order chi connectivity index (χ0) is 11.9. The first-order valence-electron chi connectivity index (χ1n) is 5.19. The third kappa shape index (κ3) is 2.95. The molecule has 84 valence electrons. The number of aliphatic imine (C=N–C) groups is 1. The quantitative estimate of drug-likeness (QED) is 0.361. The molecule has 4 heteroatoms. The largest absolute Gasteiger partial charge is 0.365 e. The molecule has 2 N–H and O–H groups in total. The van der Waals surface area contributed by atoms with Gasteiger partial charge in [0.15, 0.2) is 0 Å². The first-order valence-corrected chi connectivity index (χ1v) is 5.19. The molecule has 0 bridgehead atoms. The van der Waals surface area contributed by atoms with E-state index in [0.717, 1.165) is 16.9 Å². The van der Waals surface area contributed by atoms with E-state index in [1.807, 2.05) is 30.5 Å². The number of terminal acetylenes is 1. The Morgan fingerprint density at radius 1 is 1.41 bits per heavy atom. The molecule has 2 rings (SSSR count). The minimum absolute atomic E-state index is 0.481. The Morgan fingerprint density at radius 3 is 2.88 bits per heavy atom. The maximum Gasteiger partial charge on any atom is 0.0927 e. The molecule has 0 aliphatic rings. The van der Waals surface area contributed by atoms with Crippen molar-refractivity contribution in [3.8, 4) is 23.6 Å². The van der Waals surface area contributed by atoms with Crippen LogP contribution < -0.4 is 5.32 Å². The zero-order valence-corrected chi connectivity index (χ0v) is 9.22. The summed E-state index contributed by atoms with van der Waals surface area (Å²) in [5.41, 5.74) is 2.85. The fourth-order valence-corrected chi connectivity index (χ4v) is 1.36. The highest BCUT2D eigenvalue weighted by Gasteiger charge is 1.98. The molecule has 1 aromatic carbocycles. The number of imidazole rings is 1. The van der Waals surface area contributed by atoms with Crippen LogP contribution in [0, 0.1) is 12.3 Å². The van der Waals surface area contributed by atoms with Crippen molar-refractivity contribution in [1.29, 1.82) is 0 Å². The molecule has 0 unspecified atom stereocenters. The van der Waals surface area contributed by atoms with E-state index in [-0.39, 0.29) is 0 Å². The summed E-state index contributed by atoms with van der Waals surface area (Å²) in [6.45, 7) is 0.481. The Labute approximate surface area is 99.8 Å². The van der Waals surface area contributed by atoms with Crippen LogP contribution in [0.1, 0.15) is 0 Å². The van der Waals surface area contributed by atoms with Gasteiger partial charge in [0.1, 0.15) is 0 Å². The van der Waals surface area contributed by atoms with Crippen LogP contribution in [0.15, 0.2) is 41.8 Å². The Hall–Kier alpha value is -2.54. The summed E-state index contributed by atoms with van der Waals surface area (Å²) in [6.07, 6.45) is 10.2. The first kappa shape index (κ1) is 11.0. The van der Waals surface area contributed by atoms with E-state index in [2.05, 4.69) is 26.2 Å². The van der Waals surface area contributed by atoms with Gasteiger partial charge in [0.05, 0.1) is 30.6 Å². The SMILES string of the molecule is C#CCN/C=N/c1ccc(-c2c[nH]cn2)cc1. The molecular weight excluding hydrogens is 212 g/mol. The molecule has 0 saturated carbocycles. The molecule has 0 aliphatic carbocycles. The minimum Gasteiger partial charge on any atom is -0.365 e. The third-order valence-electron chi connectivity index (χ3n) is 2.17. The number of benzene rings is 1. The van der Waals surface area contributed by atoms with Crippen molar-refractivity contribution in [3.05, 3.63) is 36.8 Å². The molecular formula is C13H12N4. The number of nitrogens with zero attached hydrogens (tertiary/aromatic N) is 2. The highest BCUT2D eigenvalue weighted by Crippen LogP contribution is 2.19. The monoisotopic (exact) mass is 224 g/mol. The summed E-state index contributed by atoms with van der Waals surface area (Å²) >= 11 is 0. The van der Waals surface area contributed by atoms with Crippen LogP contribution in [0.2, 0.25) is 0 Å². The number of aromatic nitrogens is 2. The molecule has 0 fully saturated rings. The molecule has 0 atom stereocenters. The molecule has 4 nitrogen and oxygen atoms in total. The minimum atomic E-state index is 0.481. The Bertz CT molecular complexity index is 518. The lowest BCUT2D eigenvalue weighted by atomic mass is 10.1. The van der Waals surface area contributed by atoms with Crippen LogP contribution in [-0.2, 0) is 0 Å².